The number of carbonyl (C=O) groups is 1. The molecule has 0 aromatic heterocycles. The monoisotopic (exact) mass is 360 g/mol. The van der Waals surface area contributed by atoms with E-state index in [4.69, 9.17) is 11.6 Å². The second kappa shape index (κ2) is 7.95. The minimum atomic E-state index is 0.201. The van der Waals surface area contributed by atoms with Crippen LogP contribution in [0.4, 0.5) is 5.69 Å². The Morgan fingerprint density at radius 1 is 1.17 bits per heavy atom. The van der Waals surface area contributed by atoms with Crippen LogP contribution in [0.3, 0.4) is 0 Å². The summed E-state index contributed by atoms with van der Waals surface area (Å²) in [6.45, 7) is 2.32. The van der Waals surface area contributed by atoms with Crippen LogP contribution in [0.2, 0.25) is 5.02 Å². The maximum Gasteiger partial charge on any atom is 0.232 e. The number of fused-ring (bicyclic) bond motifs is 1. The summed E-state index contributed by atoms with van der Waals surface area (Å²) >= 11 is 7.64. The summed E-state index contributed by atoms with van der Waals surface area (Å²) in [7, 11) is 2.08. The first-order chi connectivity index (χ1) is 11.6. The van der Waals surface area contributed by atoms with E-state index in [2.05, 4.69) is 24.1 Å². The van der Waals surface area contributed by atoms with Crippen LogP contribution in [0, 0.1) is 0 Å². The van der Waals surface area contributed by atoms with E-state index in [1.54, 1.807) is 11.8 Å². The summed E-state index contributed by atoms with van der Waals surface area (Å²) < 4.78 is 0. The number of hydrogen-bond acceptors (Lipinski definition) is 3. The van der Waals surface area contributed by atoms with E-state index in [0.29, 0.717) is 12.3 Å². The summed E-state index contributed by atoms with van der Waals surface area (Å²) in [5.41, 5.74) is 3.59. The van der Waals surface area contributed by atoms with Crippen LogP contribution in [0.25, 0.3) is 0 Å². The zero-order chi connectivity index (χ0) is 16.9. The standard InChI is InChI=1S/C19H21ClN2OS/c1-21-9-10-22(12-16-6-2-3-8-18(16)21)19(23)14-24-13-15-5-4-7-17(20)11-15/h2-8,11H,9-10,12-14H2,1H3. The zero-order valence-corrected chi connectivity index (χ0v) is 15.3. The van der Waals surface area contributed by atoms with Crippen LogP contribution in [0.1, 0.15) is 11.1 Å². The lowest BCUT2D eigenvalue weighted by Gasteiger charge is -2.21. The minimum absolute atomic E-state index is 0.201. The van der Waals surface area contributed by atoms with Gasteiger partial charge in [0, 0.05) is 43.1 Å². The van der Waals surface area contributed by atoms with Crippen LogP contribution in [0.15, 0.2) is 48.5 Å². The van der Waals surface area contributed by atoms with E-state index < -0.39 is 0 Å². The van der Waals surface area contributed by atoms with Gasteiger partial charge in [0.05, 0.1) is 5.75 Å². The fraction of sp³-hybridized carbons (Fsp3) is 0.316. The van der Waals surface area contributed by atoms with Gasteiger partial charge in [-0.25, -0.2) is 0 Å². The molecule has 0 saturated carbocycles. The number of para-hydroxylation sites is 1. The SMILES string of the molecule is CN1CCN(C(=O)CSCc2cccc(Cl)c2)Cc2ccccc21. The van der Waals surface area contributed by atoms with Gasteiger partial charge in [-0.3, -0.25) is 4.79 Å². The molecule has 1 aliphatic rings. The van der Waals surface area contributed by atoms with Gasteiger partial charge < -0.3 is 9.80 Å². The van der Waals surface area contributed by atoms with E-state index in [-0.39, 0.29) is 5.91 Å². The molecule has 0 spiro atoms. The van der Waals surface area contributed by atoms with Crippen molar-refractivity contribution in [2.24, 2.45) is 0 Å². The number of amides is 1. The van der Waals surface area contributed by atoms with Gasteiger partial charge in [0.25, 0.3) is 0 Å². The summed E-state index contributed by atoms with van der Waals surface area (Å²) in [6, 6.07) is 16.1. The smallest absolute Gasteiger partial charge is 0.232 e. The molecule has 0 fully saturated rings. The zero-order valence-electron chi connectivity index (χ0n) is 13.7. The molecule has 0 atom stereocenters. The molecule has 24 heavy (non-hydrogen) atoms. The predicted molar refractivity (Wildman–Crippen MR) is 103 cm³/mol. The van der Waals surface area contributed by atoms with Crippen LogP contribution < -0.4 is 4.90 Å². The Morgan fingerprint density at radius 3 is 2.83 bits per heavy atom. The average molecular weight is 361 g/mol. The van der Waals surface area contributed by atoms with E-state index in [1.165, 1.54) is 11.3 Å². The molecular weight excluding hydrogens is 340 g/mol. The van der Waals surface area contributed by atoms with Crippen LogP contribution in [-0.4, -0.2) is 36.7 Å². The van der Waals surface area contributed by atoms with Crippen molar-refractivity contribution < 1.29 is 4.79 Å². The summed E-state index contributed by atoms with van der Waals surface area (Å²) in [5.74, 6) is 1.50. The molecule has 3 nitrogen and oxygen atoms in total. The molecule has 0 unspecified atom stereocenters. The van der Waals surface area contributed by atoms with Crippen LogP contribution >= 0.6 is 23.4 Å². The lowest BCUT2D eigenvalue weighted by atomic mass is 10.1. The van der Waals surface area contributed by atoms with Gasteiger partial charge >= 0.3 is 0 Å². The summed E-state index contributed by atoms with van der Waals surface area (Å²) in [6.07, 6.45) is 0. The fourth-order valence-electron chi connectivity index (χ4n) is 2.88. The van der Waals surface area contributed by atoms with Crippen LogP contribution in [-0.2, 0) is 17.1 Å². The third kappa shape index (κ3) is 4.25. The molecule has 0 bridgehead atoms. The molecule has 0 radical (unpaired) electrons. The Balaban J connectivity index is 1.57. The van der Waals surface area contributed by atoms with Crippen molar-refractivity contribution in [1.29, 1.82) is 0 Å². The molecular formula is C19H21ClN2OS. The van der Waals surface area contributed by atoms with Crippen LogP contribution in [0.5, 0.6) is 0 Å². The average Bonchev–Trinajstić information content (AvgIpc) is 2.75. The minimum Gasteiger partial charge on any atom is -0.373 e. The lowest BCUT2D eigenvalue weighted by molar-refractivity contribution is -0.128. The maximum absolute atomic E-state index is 12.6. The second-order valence-corrected chi connectivity index (χ2v) is 7.41. The number of likely N-dealkylation sites (N-methyl/N-ethyl adjacent to an activating group) is 1. The number of anilines is 1. The van der Waals surface area contributed by atoms with E-state index in [9.17, 15) is 4.79 Å². The highest BCUT2D eigenvalue weighted by Gasteiger charge is 2.20. The fourth-order valence-corrected chi connectivity index (χ4v) is 3.97. The van der Waals surface area contributed by atoms with Gasteiger partial charge in [0.1, 0.15) is 0 Å². The van der Waals surface area contributed by atoms with Gasteiger partial charge in [0.2, 0.25) is 5.91 Å². The second-order valence-electron chi connectivity index (χ2n) is 5.99. The molecule has 0 saturated heterocycles. The molecule has 2 aromatic carbocycles. The van der Waals surface area contributed by atoms with Gasteiger partial charge in [-0.1, -0.05) is 41.9 Å². The Morgan fingerprint density at radius 2 is 2.00 bits per heavy atom. The third-order valence-corrected chi connectivity index (χ3v) is 5.43. The first kappa shape index (κ1) is 17.2. The molecule has 0 N–H and O–H groups in total. The van der Waals surface area contributed by atoms with Crippen molar-refractivity contribution in [2.75, 3.05) is 30.8 Å². The molecule has 0 aliphatic carbocycles. The van der Waals surface area contributed by atoms with Crippen molar-refractivity contribution in [3.05, 3.63) is 64.7 Å². The van der Waals surface area contributed by atoms with E-state index >= 15 is 0 Å². The molecule has 5 heteroatoms. The van der Waals surface area contributed by atoms with Crippen molar-refractivity contribution >= 4 is 35.0 Å². The Labute approximate surface area is 152 Å². The topological polar surface area (TPSA) is 23.6 Å². The first-order valence-electron chi connectivity index (χ1n) is 8.02. The number of halogens is 1. The number of carbonyl (C=O) groups excluding carboxylic acids is 1. The number of benzene rings is 2. The van der Waals surface area contributed by atoms with Gasteiger partial charge in [0.15, 0.2) is 0 Å². The molecule has 126 valence electrons. The quantitative estimate of drug-likeness (QED) is 0.821. The van der Waals surface area contributed by atoms with E-state index in [0.717, 1.165) is 29.4 Å². The van der Waals surface area contributed by atoms with Crippen molar-refractivity contribution in [3.63, 3.8) is 0 Å². The van der Waals surface area contributed by atoms with Gasteiger partial charge in [-0.2, -0.15) is 0 Å². The molecule has 1 aliphatic heterocycles. The molecule has 1 amide bonds. The Bertz CT molecular complexity index is 722. The Kier molecular flexibility index (Phi) is 5.69. The largest absolute Gasteiger partial charge is 0.373 e. The first-order valence-corrected chi connectivity index (χ1v) is 9.56. The van der Waals surface area contributed by atoms with Gasteiger partial charge in [-0.15, -0.1) is 11.8 Å². The lowest BCUT2D eigenvalue weighted by Crippen LogP contribution is -2.35. The number of nitrogens with zero attached hydrogens (tertiary/aromatic N) is 2. The number of thioether (sulfide) groups is 1. The third-order valence-electron chi connectivity index (χ3n) is 4.21. The predicted octanol–water partition coefficient (Wildman–Crippen LogP) is 4.05. The normalized spacial score (nSPS) is 14.2. The van der Waals surface area contributed by atoms with Crippen molar-refractivity contribution in [3.8, 4) is 0 Å². The summed E-state index contributed by atoms with van der Waals surface area (Å²) in [4.78, 5) is 16.8. The molecule has 3 rings (SSSR count). The van der Waals surface area contributed by atoms with Crippen molar-refractivity contribution in [1.82, 2.24) is 4.90 Å². The molecule has 2 aromatic rings. The van der Waals surface area contributed by atoms with E-state index in [1.807, 2.05) is 41.3 Å². The number of hydrogen-bond donors (Lipinski definition) is 0. The van der Waals surface area contributed by atoms with Crippen molar-refractivity contribution in [2.45, 2.75) is 12.3 Å². The molecule has 1 heterocycles. The highest BCUT2D eigenvalue weighted by Crippen LogP contribution is 2.24. The number of rotatable bonds is 4. The highest BCUT2D eigenvalue weighted by molar-refractivity contribution is 7.99. The highest BCUT2D eigenvalue weighted by atomic mass is 35.5. The van der Waals surface area contributed by atoms with Gasteiger partial charge in [-0.05, 0) is 29.3 Å². The summed E-state index contributed by atoms with van der Waals surface area (Å²) in [5, 5.41) is 0.742. The maximum atomic E-state index is 12.6. The Hall–Kier alpha value is -1.65.